The molecular formula is C15H22ClNO2. The summed E-state index contributed by atoms with van der Waals surface area (Å²) < 4.78 is 5.99. The molecule has 3 unspecified atom stereocenters. The molecule has 0 spiro atoms. The number of halogens is 1. The smallest absolute Gasteiger partial charge is 0.124 e. The van der Waals surface area contributed by atoms with Crippen molar-refractivity contribution in [3.8, 4) is 5.75 Å². The maximum absolute atomic E-state index is 9.87. The van der Waals surface area contributed by atoms with Crippen molar-refractivity contribution >= 4 is 11.6 Å². The van der Waals surface area contributed by atoms with Gasteiger partial charge in [-0.2, -0.15) is 0 Å². The van der Waals surface area contributed by atoms with Gasteiger partial charge in [0, 0.05) is 16.6 Å². The molecule has 1 aliphatic carbocycles. The molecule has 1 fully saturated rings. The lowest BCUT2D eigenvalue weighted by Gasteiger charge is -2.22. The highest BCUT2D eigenvalue weighted by atomic mass is 35.5. The predicted octanol–water partition coefficient (Wildman–Crippen LogP) is 3.30. The lowest BCUT2D eigenvalue weighted by molar-refractivity contribution is 0.0595. The Morgan fingerprint density at radius 2 is 2.26 bits per heavy atom. The molecule has 0 aliphatic heterocycles. The van der Waals surface area contributed by atoms with E-state index in [4.69, 9.17) is 16.3 Å². The summed E-state index contributed by atoms with van der Waals surface area (Å²) >= 11 is 6.07. The molecule has 1 aliphatic rings. The van der Waals surface area contributed by atoms with Crippen LogP contribution in [0, 0.1) is 0 Å². The SMILES string of the molecule is CCNC(C)c1cc(Cl)ccc1OC1CCCC1O. The first kappa shape index (κ1) is 14.6. The van der Waals surface area contributed by atoms with Crippen LogP contribution in [-0.4, -0.2) is 23.9 Å². The molecule has 0 bridgehead atoms. The molecule has 19 heavy (non-hydrogen) atoms. The van der Waals surface area contributed by atoms with Gasteiger partial charge in [-0.15, -0.1) is 0 Å². The van der Waals surface area contributed by atoms with Gasteiger partial charge in [-0.05, 0) is 50.9 Å². The summed E-state index contributed by atoms with van der Waals surface area (Å²) in [4.78, 5) is 0. The fourth-order valence-corrected chi connectivity index (χ4v) is 2.77. The maximum atomic E-state index is 9.87. The Kier molecular flexibility index (Phi) is 5.08. The molecule has 106 valence electrons. The summed E-state index contributed by atoms with van der Waals surface area (Å²) in [5.74, 6) is 0.823. The molecule has 0 radical (unpaired) electrons. The van der Waals surface area contributed by atoms with Gasteiger partial charge in [-0.25, -0.2) is 0 Å². The van der Waals surface area contributed by atoms with E-state index in [1.165, 1.54) is 0 Å². The zero-order chi connectivity index (χ0) is 13.8. The second-order valence-corrected chi connectivity index (χ2v) is 5.55. The molecule has 0 heterocycles. The average molecular weight is 284 g/mol. The number of hydrogen-bond acceptors (Lipinski definition) is 3. The molecule has 1 aromatic rings. The van der Waals surface area contributed by atoms with Gasteiger partial charge >= 0.3 is 0 Å². The van der Waals surface area contributed by atoms with Gasteiger partial charge in [-0.1, -0.05) is 18.5 Å². The van der Waals surface area contributed by atoms with Crippen LogP contribution >= 0.6 is 11.6 Å². The second-order valence-electron chi connectivity index (χ2n) is 5.12. The molecule has 0 amide bonds. The minimum Gasteiger partial charge on any atom is -0.487 e. The number of nitrogens with one attached hydrogen (secondary N) is 1. The summed E-state index contributed by atoms with van der Waals surface area (Å²) in [5.41, 5.74) is 1.05. The monoisotopic (exact) mass is 283 g/mol. The minimum absolute atomic E-state index is 0.0891. The first-order chi connectivity index (χ1) is 9.11. The Labute approximate surface area is 119 Å². The van der Waals surface area contributed by atoms with Crippen molar-refractivity contribution in [2.75, 3.05) is 6.54 Å². The summed E-state index contributed by atoms with van der Waals surface area (Å²) in [7, 11) is 0. The Morgan fingerprint density at radius 1 is 1.47 bits per heavy atom. The molecule has 4 heteroatoms. The van der Waals surface area contributed by atoms with Crippen LogP contribution < -0.4 is 10.1 Å². The van der Waals surface area contributed by atoms with Crippen LogP contribution in [0.2, 0.25) is 5.02 Å². The van der Waals surface area contributed by atoms with Gasteiger partial charge in [0.25, 0.3) is 0 Å². The van der Waals surface area contributed by atoms with Crippen molar-refractivity contribution in [1.82, 2.24) is 5.32 Å². The largest absolute Gasteiger partial charge is 0.487 e. The Morgan fingerprint density at radius 3 is 2.89 bits per heavy atom. The van der Waals surface area contributed by atoms with Gasteiger partial charge in [0.1, 0.15) is 11.9 Å². The lowest BCUT2D eigenvalue weighted by atomic mass is 10.1. The van der Waals surface area contributed by atoms with Crippen molar-refractivity contribution in [1.29, 1.82) is 0 Å². The van der Waals surface area contributed by atoms with E-state index in [-0.39, 0.29) is 18.2 Å². The van der Waals surface area contributed by atoms with E-state index in [9.17, 15) is 5.11 Å². The zero-order valence-corrected chi connectivity index (χ0v) is 12.3. The van der Waals surface area contributed by atoms with Crippen LogP contribution in [0.1, 0.15) is 44.7 Å². The predicted molar refractivity (Wildman–Crippen MR) is 77.8 cm³/mol. The third kappa shape index (κ3) is 3.62. The fourth-order valence-electron chi connectivity index (χ4n) is 2.59. The van der Waals surface area contributed by atoms with Gasteiger partial charge in [0.05, 0.1) is 6.10 Å². The van der Waals surface area contributed by atoms with Crippen LogP contribution in [-0.2, 0) is 0 Å². The third-order valence-corrected chi connectivity index (χ3v) is 3.88. The average Bonchev–Trinajstić information content (AvgIpc) is 2.77. The third-order valence-electron chi connectivity index (χ3n) is 3.64. The number of rotatable bonds is 5. The quantitative estimate of drug-likeness (QED) is 0.871. The molecular weight excluding hydrogens is 262 g/mol. The molecule has 0 aromatic heterocycles. The summed E-state index contributed by atoms with van der Waals surface area (Å²) in [6.07, 6.45) is 2.33. The number of ether oxygens (including phenoxy) is 1. The number of benzene rings is 1. The lowest BCUT2D eigenvalue weighted by Crippen LogP contribution is -2.27. The van der Waals surface area contributed by atoms with Gasteiger partial charge in [-0.3, -0.25) is 0 Å². The van der Waals surface area contributed by atoms with Crippen molar-refractivity contribution < 1.29 is 9.84 Å². The van der Waals surface area contributed by atoms with Crippen molar-refractivity contribution in [3.63, 3.8) is 0 Å². The molecule has 3 atom stereocenters. The van der Waals surface area contributed by atoms with Gasteiger partial charge < -0.3 is 15.2 Å². The van der Waals surface area contributed by atoms with E-state index in [1.807, 2.05) is 18.2 Å². The zero-order valence-electron chi connectivity index (χ0n) is 11.5. The Bertz CT molecular complexity index is 425. The molecule has 2 rings (SSSR count). The van der Waals surface area contributed by atoms with Gasteiger partial charge in [0.2, 0.25) is 0 Å². The summed E-state index contributed by atoms with van der Waals surface area (Å²) in [6, 6.07) is 5.85. The van der Waals surface area contributed by atoms with Crippen molar-refractivity contribution in [3.05, 3.63) is 28.8 Å². The highest BCUT2D eigenvalue weighted by molar-refractivity contribution is 6.30. The fraction of sp³-hybridized carbons (Fsp3) is 0.600. The van der Waals surface area contributed by atoms with Crippen LogP contribution in [0.15, 0.2) is 18.2 Å². The summed E-state index contributed by atoms with van der Waals surface area (Å²) in [6.45, 7) is 5.05. The van der Waals surface area contributed by atoms with Crippen LogP contribution in [0.4, 0.5) is 0 Å². The molecule has 3 nitrogen and oxygen atoms in total. The second kappa shape index (κ2) is 6.60. The van der Waals surface area contributed by atoms with Crippen molar-refractivity contribution in [2.24, 2.45) is 0 Å². The first-order valence-electron chi connectivity index (χ1n) is 6.99. The molecule has 1 aromatic carbocycles. The highest BCUT2D eigenvalue weighted by Gasteiger charge is 2.28. The van der Waals surface area contributed by atoms with Crippen LogP contribution in [0.5, 0.6) is 5.75 Å². The minimum atomic E-state index is -0.349. The normalized spacial score (nSPS) is 24.4. The standard InChI is InChI=1S/C15H22ClNO2/c1-3-17-10(2)12-9-11(16)7-8-14(12)19-15-6-4-5-13(15)18/h7-10,13,15,17-18H,3-6H2,1-2H3. The number of hydrogen-bond donors (Lipinski definition) is 2. The Hall–Kier alpha value is -0.770. The molecule has 2 N–H and O–H groups in total. The number of aliphatic hydroxyl groups excluding tert-OH is 1. The summed E-state index contributed by atoms with van der Waals surface area (Å²) in [5, 5.41) is 13.9. The maximum Gasteiger partial charge on any atom is 0.124 e. The molecule has 1 saturated carbocycles. The van der Waals surface area contributed by atoms with Crippen LogP contribution in [0.25, 0.3) is 0 Å². The topological polar surface area (TPSA) is 41.5 Å². The van der Waals surface area contributed by atoms with E-state index in [0.29, 0.717) is 5.02 Å². The van der Waals surface area contributed by atoms with Crippen LogP contribution in [0.3, 0.4) is 0 Å². The van der Waals surface area contributed by atoms with E-state index in [2.05, 4.69) is 19.2 Å². The van der Waals surface area contributed by atoms with E-state index < -0.39 is 0 Å². The van der Waals surface area contributed by atoms with Crippen molar-refractivity contribution in [2.45, 2.75) is 51.4 Å². The Balaban J connectivity index is 2.18. The molecule has 0 saturated heterocycles. The van der Waals surface area contributed by atoms with Gasteiger partial charge in [0.15, 0.2) is 0 Å². The highest BCUT2D eigenvalue weighted by Crippen LogP contribution is 2.32. The van der Waals surface area contributed by atoms with E-state index in [0.717, 1.165) is 37.1 Å². The van der Waals surface area contributed by atoms with E-state index in [1.54, 1.807) is 0 Å². The van der Waals surface area contributed by atoms with E-state index >= 15 is 0 Å². The number of aliphatic hydroxyl groups is 1. The first-order valence-corrected chi connectivity index (χ1v) is 7.37.